The van der Waals surface area contributed by atoms with Gasteiger partial charge in [-0.3, -0.25) is 0 Å². The summed E-state index contributed by atoms with van der Waals surface area (Å²) in [5, 5.41) is 2.03. The van der Waals surface area contributed by atoms with E-state index in [9.17, 15) is 0 Å². The van der Waals surface area contributed by atoms with Crippen molar-refractivity contribution in [1.29, 1.82) is 0 Å². The minimum Gasteiger partial charge on any atom is -0.306 e. The molecule has 2 rings (SSSR count). The predicted molar refractivity (Wildman–Crippen MR) is 55.7 cm³/mol. The summed E-state index contributed by atoms with van der Waals surface area (Å²) in [6.07, 6.45) is 7.34. The first-order valence-corrected chi connectivity index (χ1v) is 6.13. The molecule has 2 heteroatoms. The molecule has 2 fully saturated rings. The monoisotopic (exact) mass is 185 g/mol. The van der Waals surface area contributed by atoms with Crippen LogP contribution < -0.4 is 0 Å². The van der Waals surface area contributed by atoms with Crippen LogP contribution in [0.1, 0.15) is 32.1 Å². The zero-order valence-corrected chi connectivity index (χ0v) is 8.78. The molecule has 1 heterocycles. The molecule has 1 aliphatic heterocycles. The summed E-state index contributed by atoms with van der Waals surface area (Å²) >= 11 is 2.28. The maximum absolute atomic E-state index is 2.46. The Kier molecular flexibility index (Phi) is 2.97. The van der Waals surface area contributed by atoms with Crippen molar-refractivity contribution in [3.63, 3.8) is 0 Å². The fourth-order valence-electron chi connectivity index (χ4n) is 1.90. The molecule has 0 N–H and O–H groups in total. The highest BCUT2D eigenvalue weighted by Gasteiger charge is 2.24. The Labute approximate surface area is 79.9 Å². The van der Waals surface area contributed by atoms with Crippen molar-refractivity contribution in [3.05, 3.63) is 0 Å². The molecular weight excluding hydrogens is 166 g/mol. The third kappa shape index (κ3) is 2.17. The summed E-state index contributed by atoms with van der Waals surface area (Å²) in [4.78, 5) is 2.46. The Hall–Kier alpha value is 0.310. The highest BCUT2D eigenvalue weighted by Crippen LogP contribution is 2.37. The van der Waals surface area contributed by atoms with Gasteiger partial charge in [-0.15, -0.1) is 0 Å². The van der Waals surface area contributed by atoms with Crippen molar-refractivity contribution < 1.29 is 0 Å². The van der Waals surface area contributed by atoms with E-state index in [2.05, 4.69) is 23.7 Å². The van der Waals surface area contributed by atoms with Crippen molar-refractivity contribution in [2.24, 2.45) is 0 Å². The lowest BCUT2D eigenvalue weighted by Gasteiger charge is -2.34. The van der Waals surface area contributed by atoms with Crippen LogP contribution >= 0.6 is 11.8 Å². The van der Waals surface area contributed by atoms with E-state index in [0.717, 1.165) is 10.5 Å². The molecule has 1 saturated heterocycles. The van der Waals surface area contributed by atoms with Gasteiger partial charge in [0.2, 0.25) is 0 Å². The molecule has 12 heavy (non-hydrogen) atoms. The molecule has 1 nitrogen and oxygen atoms in total. The van der Waals surface area contributed by atoms with Gasteiger partial charge < -0.3 is 4.90 Å². The van der Waals surface area contributed by atoms with Crippen LogP contribution in [0.2, 0.25) is 0 Å². The minimum atomic E-state index is 0.992. The van der Waals surface area contributed by atoms with E-state index in [1.54, 1.807) is 0 Å². The molecule has 70 valence electrons. The van der Waals surface area contributed by atoms with Gasteiger partial charge in [0.05, 0.1) is 0 Å². The summed E-state index contributed by atoms with van der Waals surface area (Å²) in [6, 6.07) is 0. The number of hydrogen-bond donors (Lipinski definition) is 0. The third-order valence-corrected chi connectivity index (χ3v) is 4.82. The highest BCUT2D eigenvalue weighted by atomic mass is 32.2. The second-order valence-corrected chi connectivity index (χ2v) is 5.80. The Morgan fingerprint density at radius 3 is 2.08 bits per heavy atom. The van der Waals surface area contributed by atoms with Gasteiger partial charge in [0.25, 0.3) is 0 Å². The summed E-state index contributed by atoms with van der Waals surface area (Å²) < 4.78 is 0. The largest absolute Gasteiger partial charge is 0.306 e. The normalized spacial score (nSPS) is 28.8. The molecule has 0 atom stereocenters. The van der Waals surface area contributed by atoms with Crippen molar-refractivity contribution in [2.75, 3.05) is 20.1 Å². The van der Waals surface area contributed by atoms with Crippen LogP contribution in [-0.4, -0.2) is 35.5 Å². The average Bonchev–Trinajstić information content (AvgIpc) is 2.00. The standard InChI is InChI=1S/C10H19NS/c1-11-7-5-10(6-8-11)12-9-3-2-4-9/h9-10H,2-8H2,1H3. The van der Waals surface area contributed by atoms with E-state index in [4.69, 9.17) is 0 Å². The minimum absolute atomic E-state index is 0.992. The Morgan fingerprint density at radius 1 is 1.00 bits per heavy atom. The number of thioether (sulfide) groups is 1. The molecule has 0 spiro atoms. The topological polar surface area (TPSA) is 3.24 Å². The van der Waals surface area contributed by atoms with Gasteiger partial charge in [0.1, 0.15) is 0 Å². The van der Waals surface area contributed by atoms with Crippen LogP contribution in [0.4, 0.5) is 0 Å². The molecule has 0 bridgehead atoms. The molecule has 2 aliphatic rings. The van der Waals surface area contributed by atoms with Gasteiger partial charge in [0, 0.05) is 10.5 Å². The second-order valence-electron chi connectivity index (χ2n) is 4.19. The van der Waals surface area contributed by atoms with Crippen molar-refractivity contribution in [3.8, 4) is 0 Å². The Balaban J connectivity index is 1.67. The first-order valence-electron chi connectivity index (χ1n) is 5.18. The predicted octanol–water partition coefficient (Wildman–Crippen LogP) is 2.37. The molecule has 1 saturated carbocycles. The maximum Gasteiger partial charge on any atom is 0.00741 e. The lowest BCUT2D eigenvalue weighted by Crippen LogP contribution is -2.33. The van der Waals surface area contributed by atoms with E-state index >= 15 is 0 Å². The molecule has 0 aromatic rings. The fraction of sp³-hybridized carbons (Fsp3) is 1.00. The first-order chi connectivity index (χ1) is 5.84. The van der Waals surface area contributed by atoms with Crippen molar-refractivity contribution in [2.45, 2.75) is 42.6 Å². The molecule has 1 aliphatic carbocycles. The van der Waals surface area contributed by atoms with E-state index in [0.29, 0.717) is 0 Å². The van der Waals surface area contributed by atoms with E-state index in [-0.39, 0.29) is 0 Å². The van der Waals surface area contributed by atoms with Gasteiger partial charge in [-0.05, 0) is 45.8 Å². The summed E-state index contributed by atoms with van der Waals surface area (Å²) in [5.41, 5.74) is 0. The van der Waals surface area contributed by atoms with E-state index < -0.39 is 0 Å². The molecular formula is C10H19NS. The smallest absolute Gasteiger partial charge is 0.00741 e. The quantitative estimate of drug-likeness (QED) is 0.650. The van der Waals surface area contributed by atoms with Gasteiger partial charge in [-0.2, -0.15) is 11.8 Å². The van der Waals surface area contributed by atoms with Crippen LogP contribution in [0.3, 0.4) is 0 Å². The molecule has 0 radical (unpaired) electrons. The zero-order chi connectivity index (χ0) is 8.39. The maximum atomic E-state index is 2.46. The van der Waals surface area contributed by atoms with Crippen molar-refractivity contribution >= 4 is 11.8 Å². The SMILES string of the molecule is CN1CCC(SC2CCC2)CC1. The van der Waals surface area contributed by atoms with Gasteiger partial charge >= 0.3 is 0 Å². The summed E-state index contributed by atoms with van der Waals surface area (Å²) in [5.74, 6) is 0. The highest BCUT2D eigenvalue weighted by molar-refractivity contribution is 8.00. The van der Waals surface area contributed by atoms with Gasteiger partial charge in [0.15, 0.2) is 0 Å². The molecule has 0 aromatic carbocycles. The number of hydrogen-bond acceptors (Lipinski definition) is 2. The first kappa shape index (κ1) is 8.89. The molecule has 0 aromatic heterocycles. The number of nitrogens with zero attached hydrogens (tertiary/aromatic N) is 1. The lowest BCUT2D eigenvalue weighted by molar-refractivity contribution is 0.281. The van der Waals surface area contributed by atoms with Crippen LogP contribution in [0.5, 0.6) is 0 Å². The third-order valence-electron chi connectivity index (χ3n) is 3.10. The Bertz CT molecular complexity index is 137. The summed E-state index contributed by atoms with van der Waals surface area (Å²) in [6.45, 7) is 2.65. The van der Waals surface area contributed by atoms with Gasteiger partial charge in [-0.1, -0.05) is 6.42 Å². The lowest BCUT2D eigenvalue weighted by atomic mass is 10.00. The number of rotatable bonds is 2. The van der Waals surface area contributed by atoms with Crippen molar-refractivity contribution in [1.82, 2.24) is 4.90 Å². The Morgan fingerprint density at radius 2 is 1.58 bits per heavy atom. The fourth-order valence-corrected chi connectivity index (χ4v) is 3.53. The van der Waals surface area contributed by atoms with E-state index in [1.807, 2.05) is 0 Å². The van der Waals surface area contributed by atoms with Crippen LogP contribution in [0.25, 0.3) is 0 Å². The van der Waals surface area contributed by atoms with E-state index in [1.165, 1.54) is 45.2 Å². The van der Waals surface area contributed by atoms with Crippen LogP contribution in [-0.2, 0) is 0 Å². The molecule has 0 amide bonds. The number of piperidine rings is 1. The van der Waals surface area contributed by atoms with Gasteiger partial charge in [-0.25, -0.2) is 0 Å². The average molecular weight is 185 g/mol. The zero-order valence-electron chi connectivity index (χ0n) is 7.96. The van der Waals surface area contributed by atoms with Crippen LogP contribution in [0, 0.1) is 0 Å². The molecule has 0 unspecified atom stereocenters. The van der Waals surface area contributed by atoms with Crippen LogP contribution in [0.15, 0.2) is 0 Å². The summed E-state index contributed by atoms with van der Waals surface area (Å²) in [7, 11) is 2.24. The second kappa shape index (κ2) is 4.01. The number of likely N-dealkylation sites (tertiary alicyclic amines) is 1.